The number of hydrogen-bond acceptors (Lipinski definition) is 4. The molecule has 0 aromatic heterocycles. The van der Waals surface area contributed by atoms with Crippen LogP contribution in [0.2, 0.25) is 0 Å². The molecule has 3 unspecified atom stereocenters. The van der Waals surface area contributed by atoms with Gasteiger partial charge in [0.2, 0.25) is 10.0 Å². The molecular formula is C16H21NO4S. The van der Waals surface area contributed by atoms with Crippen molar-refractivity contribution in [2.45, 2.75) is 55.1 Å². The van der Waals surface area contributed by atoms with Gasteiger partial charge in [0.15, 0.2) is 0 Å². The van der Waals surface area contributed by atoms with Crippen molar-refractivity contribution in [1.82, 2.24) is 4.72 Å². The van der Waals surface area contributed by atoms with Gasteiger partial charge in [-0.05, 0) is 49.1 Å². The Bertz CT molecular complexity index is 704. The molecule has 3 aliphatic carbocycles. The van der Waals surface area contributed by atoms with Crippen molar-refractivity contribution in [3.63, 3.8) is 0 Å². The third-order valence-corrected chi connectivity index (χ3v) is 7.69. The maximum atomic E-state index is 12.9. The fourth-order valence-electron chi connectivity index (χ4n) is 4.61. The first kappa shape index (κ1) is 14.6. The van der Waals surface area contributed by atoms with Crippen LogP contribution in [0.4, 0.5) is 0 Å². The van der Waals surface area contributed by atoms with Gasteiger partial charge in [-0.3, -0.25) is 0 Å². The molecule has 22 heavy (non-hydrogen) atoms. The number of nitrogens with one attached hydrogen (secondary N) is 1. The van der Waals surface area contributed by atoms with Gasteiger partial charge in [0.05, 0.1) is 17.7 Å². The summed E-state index contributed by atoms with van der Waals surface area (Å²) in [5, 5.41) is 19.7. The third-order valence-electron chi connectivity index (χ3n) is 5.76. The van der Waals surface area contributed by atoms with Crippen LogP contribution in [0.15, 0.2) is 24.3 Å². The summed E-state index contributed by atoms with van der Waals surface area (Å²) in [4.78, 5) is 0. The predicted molar refractivity (Wildman–Crippen MR) is 81.6 cm³/mol. The van der Waals surface area contributed by atoms with Crippen LogP contribution in [0.25, 0.3) is 0 Å². The number of hydrogen-bond donors (Lipinski definition) is 3. The monoisotopic (exact) mass is 323 g/mol. The summed E-state index contributed by atoms with van der Waals surface area (Å²) in [6.07, 6.45) is 1.43. The average Bonchev–Trinajstić information content (AvgIpc) is 3.14. The molecule has 0 spiro atoms. The molecule has 120 valence electrons. The third kappa shape index (κ3) is 1.98. The predicted octanol–water partition coefficient (Wildman–Crippen LogP) is 0.868. The Hall–Kier alpha value is -0.950. The maximum Gasteiger partial charge on any atom is 0.219 e. The van der Waals surface area contributed by atoms with Gasteiger partial charge in [-0.25, -0.2) is 13.1 Å². The molecule has 0 amide bonds. The summed E-state index contributed by atoms with van der Waals surface area (Å²) in [5.41, 5.74) is 1.08. The lowest BCUT2D eigenvalue weighted by Gasteiger charge is -2.35. The molecule has 0 radical (unpaired) electrons. The van der Waals surface area contributed by atoms with Crippen molar-refractivity contribution in [2.75, 3.05) is 0 Å². The van der Waals surface area contributed by atoms with Crippen molar-refractivity contribution in [2.24, 2.45) is 5.92 Å². The van der Waals surface area contributed by atoms with Crippen LogP contribution in [0.1, 0.15) is 42.1 Å². The van der Waals surface area contributed by atoms with Gasteiger partial charge in [0, 0.05) is 0 Å². The molecule has 1 aromatic rings. The zero-order chi connectivity index (χ0) is 15.5. The normalized spacial score (nSPS) is 40.1. The van der Waals surface area contributed by atoms with Gasteiger partial charge in [-0.15, -0.1) is 0 Å². The summed E-state index contributed by atoms with van der Waals surface area (Å²) in [6.45, 7) is 0. The van der Waals surface area contributed by atoms with Crippen LogP contribution in [0, 0.1) is 5.92 Å². The molecule has 3 N–H and O–H groups in total. The van der Waals surface area contributed by atoms with Gasteiger partial charge in [0.1, 0.15) is 5.25 Å². The summed E-state index contributed by atoms with van der Waals surface area (Å²) in [6, 6.07) is 7.65. The molecule has 5 nitrogen and oxygen atoms in total. The zero-order valence-corrected chi connectivity index (χ0v) is 13.1. The fourth-order valence-corrected chi connectivity index (χ4v) is 6.62. The minimum absolute atomic E-state index is 0.00793. The van der Waals surface area contributed by atoms with Gasteiger partial charge in [-0.1, -0.05) is 24.3 Å². The van der Waals surface area contributed by atoms with Crippen LogP contribution in [0.3, 0.4) is 0 Å². The molecule has 1 aromatic carbocycles. The Morgan fingerprint density at radius 2 is 1.95 bits per heavy atom. The first-order valence-electron chi connectivity index (χ1n) is 7.90. The summed E-state index contributed by atoms with van der Waals surface area (Å²) >= 11 is 0. The van der Waals surface area contributed by atoms with E-state index in [1.165, 1.54) is 0 Å². The van der Waals surface area contributed by atoms with E-state index in [1.807, 2.05) is 24.3 Å². The number of aryl methyl sites for hydroxylation is 1. The van der Waals surface area contributed by atoms with E-state index in [4.69, 9.17) is 0 Å². The largest absolute Gasteiger partial charge is 0.390 e. The van der Waals surface area contributed by atoms with E-state index in [0.29, 0.717) is 19.3 Å². The summed E-state index contributed by atoms with van der Waals surface area (Å²) in [7, 11) is -3.58. The van der Waals surface area contributed by atoms with Crippen molar-refractivity contribution in [3.05, 3.63) is 35.4 Å². The SMILES string of the molecule is O=S(=O)(NC12CCC(C1)[C@H](O)[C@@H]2O)C1CCc2ccccc21. The Labute approximate surface area is 130 Å². The van der Waals surface area contributed by atoms with Crippen LogP contribution in [0.5, 0.6) is 0 Å². The van der Waals surface area contributed by atoms with Crippen molar-refractivity contribution < 1.29 is 18.6 Å². The van der Waals surface area contributed by atoms with E-state index < -0.39 is 33.0 Å². The van der Waals surface area contributed by atoms with Gasteiger partial charge in [0.25, 0.3) is 0 Å². The highest BCUT2D eigenvalue weighted by Gasteiger charge is 2.59. The van der Waals surface area contributed by atoms with E-state index >= 15 is 0 Å². The highest BCUT2D eigenvalue weighted by atomic mass is 32.2. The lowest BCUT2D eigenvalue weighted by Crippen LogP contribution is -2.56. The average molecular weight is 323 g/mol. The topological polar surface area (TPSA) is 86.6 Å². The van der Waals surface area contributed by atoms with Crippen molar-refractivity contribution in [3.8, 4) is 0 Å². The molecule has 0 saturated heterocycles. The second-order valence-electron chi connectivity index (χ2n) is 6.97. The molecule has 2 bridgehead atoms. The second-order valence-corrected chi connectivity index (χ2v) is 8.83. The summed E-state index contributed by atoms with van der Waals surface area (Å²) in [5.74, 6) is 0.00793. The smallest absolute Gasteiger partial charge is 0.219 e. The maximum absolute atomic E-state index is 12.9. The second kappa shape index (κ2) is 4.77. The minimum atomic E-state index is -3.58. The van der Waals surface area contributed by atoms with E-state index in [9.17, 15) is 18.6 Å². The quantitative estimate of drug-likeness (QED) is 0.770. The molecule has 2 saturated carbocycles. The number of sulfonamides is 1. The van der Waals surface area contributed by atoms with Gasteiger partial charge < -0.3 is 10.2 Å². The lowest BCUT2D eigenvalue weighted by atomic mass is 9.90. The zero-order valence-electron chi connectivity index (χ0n) is 12.3. The molecular weight excluding hydrogens is 302 g/mol. The number of aliphatic hydroxyl groups excluding tert-OH is 2. The molecule has 0 heterocycles. The standard InChI is InChI=1S/C16H21NO4S/c18-14-11-7-8-16(9-11,15(14)19)17-22(20,21)13-6-5-10-3-1-2-4-12(10)13/h1-4,11,13-15,17-19H,5-9H2/t11?,13?,14-,15-,16?/m0/s1. The van der Waals surface area contributed by atoms with Crippen LogP contribution < -0.4 is 4.72 Å². The Morgan fingerprint density at radius 1 is 1.18 bits per heavy atom. The first-order valence-corrected chi connectivity index (χ1v) is 9.44. The Kier molecular flexibility index (Phi) is 3.17. The molecule has 5 atom stereocenters. The molecule has 0 aliphatic heterocycles. The number of benzene rings is 1. The summed E-state index contributed by atoms with van der Waals surface area (Å²) < 4.78 is 28.6. The molecule has 6 heteroatoms. The van der Waals surface area contributed by atoms with E-state index in [0.717, 1.165) is 24.0 Å². The molecule has 3 aliphatic rings. The minimum Gasteiger partial charge on any atom is -0.390 e. The van der Waals surface area contributed by atoms with E-state index in [1.54, 1.807) is 0 Å². The van der Waals surface area contributed by atoms with Gasteiger partial charge in [-0.2, -0.15) is 0 Å². The van der Waals surface area contributed by atoms with Gasteiger partial charge >= 0.3 is 0 Å². The Morgan fingerprint density at radius 3 is 2.68 bits per heavy atom. The van der Waals surface area contributed by atoms with Crippen molar-refractivity contribution >= 4 is 10.0 Å². The molecule has 2 fully saturated rings. The highest BCUT2D eigenvalue weighted by Crippen LogP contribution is 2.49. The first-order chi connectivity index (χ1) is 10.4. The lowest BCUT2D eigenvalue weighted by molar-refractivity contribution is -0.0284. The Balaban J connectivity index is 1.64. The van der Waals surface area contributed by atoms with Crippen LogP contribution >= 0.6 is 0 Å². The van der Waals surface area contributed by atoms with E-state index in [-0.39, 0.29) is 5.92 Å². The van der Waals surface area contributed by atoms with E-state index in [2.05, 4.69) is 4.72 Å². The fraction of sp³-hybridized carbons (Fsp3) is 0.625. The van der Waals surface area contributed by atoms with Crippen molar-refractivity contribution in [1.29, 1.82) is 0 Å². The number of aliphatic hydroxyl groups is 2. The molecule has 4 rings (SSSR count). The number of fused-ring (bicyclic) bond motifs is 3. The highest BCUT2D eigenvalue weighted by molar-refractivity contribution is 7.89. The van der Waals surface area contributed by atoms with Crippen LogP contribution in [-0.4, -0.2) is 36.4 Å². The number of rotatable bonds is 3. The van der Waals surface area contributed by atoms with Crippen LogP contribution in [-0.2, 0) is 16.4 Å².